The van der Waals surface area contributed by atoms with E-state index in [1.165, 1.54) is 4.88 Å². The molecule has 1 amide bonds. The number of carbonyl (C=O) groups excluding carboxylic acids is 1. The molecule has 1 atom stereocenters. The fourth-order valence-corrected chi connectivity index (χ4v) is 3.68. The predicted octanol–water partition coefficient (Wildman–Crippen LogP) is 1.68. The number of aryl methyl sites for hydroxylation is 2. The van der Waals surface area contributed by atoms with Crippen LogP contribution in [0.3, 0.4) is 0 Å². The normalized spacial score (nSPS) is 17.5. The average molecular weight is 333 g/mol. The molecule has 124 valence electrons. The first kappa shape index (κ1) is 16.1. The summed E-state index contributed by atoms with van der Waals surface area (Å²) in [5.41, 5.74) is 2.89. The first-order valence-corrected chi connectivity index (χ1v) is 8.95. The highest BCUT2D eigenvalue weighted by molar-refractivity contribution is 7.09. The van der Waals surface area contributed by atoms with Crippen LogP contribution in [-0.2, 0) is 17.9 Å². The van der Waals surface area contributed by atoms with Gasteiger partial charge in [-0.05, 0) is 38.4 Å². The number of nitrogens with zero attached hydrogens (tertiary/aromatic N) is 4. The molecule has 0 radical (unpaired) electrons. The summed E-state index contributed by atoms with van der Waals surface area (Å²) >= 11 is 1.63. The van der Waals surface area contributed by atoms with Crippen molar-refractivity contribution in [3.63, 3.8) is 0 Å². The minimum Gasteiger partial charge on any atom is -0.337 e. The quantitative estimate of drug-likeness (QED) is 0.837. The highest BCUT2D eigenvalue weighted by Crippen LogP contribution is 2.18. The fraction of sp³-hybridized carbons (Fsp3) is 0.562. The molecular weight excluding hydrogens is 310 g/mol. The first-order valence-electron chi connectivity index (χ1n) is 8.07. The molecule has 0 bridgehead atoms. The second-order valence-electron chi connectivity index (χ2n) is 6.01. The summed E-state index contributed by atoms with van der Waals surface area (Å²) in [4.78, 5) is 20.2. The van der Waals surface area contributed by atoms with Gasteiger partial charge in [0.25, 0.3) is 0 Å². The predicted molar refractivity (Wildman–Crippen MR) is 90.1 cm³/mol. The molecule has 2 aromatic rings. The van der Waals surface area contributed by atoms with Crippen molar-refractivity contribution in [3.05, 3.63) is 34.5 Å². The van der Waals surface area contributed by atoms with E-state index in [1.807, 2.05) is 34.3 Å². The molecule has 1 N–H and O–H groups in total. The van der Waals surface area contributed by atoms with Gasteiger partial charge < -0.3 is 10.2 Å². The molecule has 2 aromatic heterocycles. The Kier molecular flexibility index (Phi) is 5.40. The molecule has 3 rings (SSSR count). The Morgan fingerprint density at radius 3 is 3.13 bits per heavy atom. The van der Waals surface area contributed by atoms with Crippen molar-refractivity contribution in [1.29, 1.82) is 0 Å². The van der Waals surface area contributed by atoms with Crippen LogP contribution < -0.4 is 5.32 Å². The van der Waals surface area contributed by atoms with E-state index in [9.17, 15) is 4.79 Å². The van der Waals surface area contributed by atoms with Gasteiger partial charge in [-0.25, -0.2) is 4.98 Å². The smallest absolute Gasteiger partial charge is 0.224 e. The Hall–Kier alpha value is -1.73. The fourth-order valence-electron chi connectivity index (χ4n) is 2.89. The topological polar surface area (TPSA) is 63.1 Å². The van der Waals surface area contributed by atoms with Gasteiger partial charge in [0.1, 0.15) is 0 Å². The summed E-state index contributed by atoms with van der Waals surface area (Å²) in [6.45, 7) is 6.19. The molecular formula is C16H23N5OS. The molecule has 0 aromatic carbocycles. The number of hydrogen-bond acceptors (Lipinski definition) is 5. The van der Waals surface area contributed by atoms with Crippen molar-refractivity contribution in [2.75, 3.05) is 19.6 Å². The van der Waals surface area contributed by atoms with Crippen LogP contribution in [0, 0.1) is 12.8 Å². The van der Waals surface area contributed by atoms with Gasteiger partial charge in [-0.1, -0.05) is 0 Å². The van der Waals surface area contributed by atoms with E-state index in [-0.39, 0.29) is 5.91 Å². The maximum Gasteiger partial charge on any atom is 0.224 e. The van der Waals surface area contributed by atoms with E-state index in [4.69, 9.17) is 0 Å². The number of rotatable bonds is 7. The lowest BCUT2D eigenvalue weighted by Gasteiger charge is -2.25. The lowest BCUT2D eigenvalue weighted by Crippen LogP contribution is -2.36. The second-order valence-corrected chi connectivity index (χ2v) is 6.95. The summed E-state index contributed by atoms with van der Waals surface area (Å²) in [5, 5.41) is 7.55. The summed E-state index contributed by atoms with van der Waals surface area (Å²) in [6.07, 6.45) is 5.27. The average Bonchev–Trinajstić information content (AvgIpc) is 3.28. The molecule has 1 saturated heterocycles. The van der Waals surface area contributed by atoms with Crippen LogP contribution in [0.15, 0.2) is 24.0 Å². The van der Waals surface area contributed by atoms with E-state index in [0.29, 0.717) is 25.4 Å². The maximum absolute atomic E-state index is 12.7. The molecule has 1 aliphatic rings. The van der Waals surface area contributed by atoms with Gasteiger partial charge in [0.2, 0.25) is 5.91 Å². The highest BCUT2D eigenvalue weighted by Gasteiger charge is 2.22. The largest absolute Gasteiger partial charge is 0.337 e. The Morgan fingerprint density at radius 2 is 2.48 bits per heavy atom. The van der Waals surface area contributed by atoms with Crippen molar-refractivity contribution in [3.8, 4) is 0 Å². The molecule has 0 aliphatic carbocycles. The number of carbonyl (C=O) groups is 1. The van der Waals surface area contributed by atoms with Gasteiger partial charge in [-0.3, -0.25) is 9.48 Å². The summed E-state index contributed by atoms with van der Waals surface area (Å²) < 4.78 is 1.81. The van der Waals surface area contributed by atoms with Crippen molar-refractivity contribution < 1.29 is 4.79 Å². The van der Waals surface area contributed by atoms with Crippen molar-refractivity contribution in [2.45, 2.75) is 32.9 Å². The molecule has 3 heterocycles. The van der Waals surface area contributed by atoms with Crippen molar-refractivity contribution >= 4 is 17.2 Å². The Balaban J connectivity index is 1.63. The first-order chi connectivity index (χ1) is 11.2. The summed E-state index contributed by atoms with van der Waals surface area (Å²) in [6, 6.07) is 1.88. The van der Waals surface area contributed by atoms with E-state index in [2.05, 4.69) is 15.4 Å². The van der Waals surface area contributed by atoms with Gasteiger partial charge >= 0.3 is 0 Å². The SMILES string of the molecule is Cc1ncsc1CN(CC1CCNC1)C(=O)CCn1cccn1. The molecule has 0 spiro atoms. The highest BCUT2D eigenvalue weighted by atomic mass is 32.1. The van der Waals surface area contributed by atoms with E-state index in [1.54, 1.807) is 17.5 Å². The van der Waals surface area contributed by atoms with Crippen LogP contribution in [0.1, 0.15) is 23.4 Å². The number of amides is 1. The molecule has 7 heteroatoms. The second kappa shape index (κ2) is 7.70. The van der Waals surface area contributed by atoms with Crippen LogP contribution in [0.2, 0.25) is 0 Å². The van der Waals surface area contributed by atoms with Crippen LogP contribution in [0.5, 0.6) is 0 Å². The minimum absolute atomic E-state index is 0.195. The van der Waals surface area contributed by atoms with Crippen LogP contribution in [-0.4, -0.2) is 45.2 Å². The van der Waals surface area contributed by atoms with Gasteiger partial charge in [0.05, 0.1) is 17.7 Å². The third-order valence-corrected chi connectivity index (χ3v) is 5.21. The van der Waals surface area contributed by atoms with Crippen LogP contribution in [0.4, 0.5) is 0 Å². The number of thiazole rings is 1. The van der Waals surface area contributed by atoms with Crippen molar-refractivity contribution in [2.24, 2.45) is 5.92 Å². The summed E-state index contributed by atoms with van der Waals surface area (Å²) in [7, 11) is 0. The molecule has 23 heavy (non-hydrogen) atoms. The maximum atomic E-state index is 12.7. The van der Waals surface area contributed by atoms with Gasteiger partial charge in [0, 0.05) is 36.8 Å². The van der Waals surface area contributed by atoms with E-state index < -0.39 is 0 Å². The Bertz CT molecular complexity index is 618. The minimum atomic E-state index is 0.195. The van der Waals surface area contributed by atoms with Crippen LogP contribution in [0.25, 0.3) is 0 Å². The third-order valence-electron chi connectivity index (χ3n) is 4.29. The monoisotopic (exact) mass is 333 g/mol. The molecule has 1 unspecified atom stereocenters. The van der Waals surface area contributed by atoms with Crippen LogP contribution >= 0.6 is 11.3 Å². The molecule has 0 saturated carbocycles. The standard InChI is InChI=1S/C16H23N5OS/c1-13-15(23-12-18-13)11-20(10-14-3-6-17-9-14)16(22)4-8-21-7-2-5-19-21/h2,5,7,12,14,17H,3-4,6,8-11H2,1H3. The zero-order chi connectivity index (χ0) is 16.1. The zero-order valence-electron chi connectivity index (χ0n) is 13.4. The molecule has 6 nitrogen and oxygen atoms in total. The number of hydrogen-bond donors (Lipinski definition) is 1. The third kappa shape index (κ3) is 4.39. The zero-order valence-corrected chi connectivity index (χ0v) is 14.3. The van der Waals surface area contributed by atoms with Crippen molar-refractivity contribution in [1.82, 2.24) is 25.0 Å². The van der Waals surface area contributed by atoms with Gasteiger partial charge in [0.15, 0.2) is 0 Å². The number of nitrogens with one attached hydrogen (secondary N) is 1. The Morgan fingerprint density at radius 1 is 1.57 bits per heavy atom. The van der Waals surface area contributed by atoms with Gasteiger partial charge in [-0.15, -0.1) is 11.3 Å². The number of aromatic nitrogens is 3. The van der Waals surface area contributed by atoms with E-state index in [0.717, 1.165) is 31.7 Å². The molecule has 1 fully saturated rings. The lowest BCUT2D eigenvalue weighted by atomic mass is 10.1. The van der Waals surface area contributed by atoms with E-state index >= 15 is 0 Å². The van der Waals surface area contributed by atoms with Gasteiger partial charge in [-0.2, -0.15) is 5.10 Å². The summed E-state index contributed by atoms with van der Waals surface area (Å²) in [5.74, 6) is 0.747. The molecule has 1 aliphatic heterocycles. The lowest BCUT2D eigenvalue weighted by molar-refractivity contribution is -0.132. The Labute approximate surface area is 140 Å².